The highest BCUT2D eigenvalue weighted by atomic mass is 16.5. The summed E-state index contributed by atoms with van der Waals surface area (Å²) >= 11 is 0. The van der Waals surface area contributed by atoms with Crippen molar-refractivity contribution in [3.05, 3.63) is 41.6 Å². The molecule has 1 fully saturated rings. The first kappa shape index (κ1) is 19.8. The van der Waals surface area contributed by atoms with E-state index in [1.54, 1.807) is 24.3 Å². The summed E-state index contributed by atoms with van der Waals surface area (Å²) in [6.45, 7) is 2.65. The van der Waals surface area contributed by atoms with E-state index in [2.05, 4.69) is 20.2 Å². The molecule has 1 aliphatic rings. The molecule has 148 valence electrons. The Labute approximate surface area is 164 Å². The maximum absolute atomic E-state index is 12.8. The third-order valence-corrected chi connectivity index (χ3v) is 4.90. The zero-order valence-corrected chi connectivity index (χ0v) is 15.9. The van der Waals surface area contributed by atoms with E-state index < -0.39 is 0 Å². The minimum atomic E-state index is -0.273. The van der Waals surface area contributed by atoms with Gasteiger partial charge in [0.15, 0.2) is 0 Å². The lowest BCUT2D eigenvalue weighted by Crippen LogP contribution is -2.39. The van der Waals surface area contributed by atoms with E-state index in [0.29, 0.717) is 23.7 Å². The van der Waals surface area contributed by atoms with Crippen molar-refractivity contribution in [3.8, 4) is 5.75 Å². The number of aldehydes is 1. The van der Waals surface area contributed by atoms with Gasteiger partial charge >= 0.3 is 0 Å². The Morgan fingerprint density at radius 2 is 2.07 bits per heavy atom. The number of hydrogen-bond acceptors (Lipinski definition) is 8. The number of nitrogen functional groups attached to an aromatic ring is 1. The number of likely N-dealkylation sites (tertiary alicyclic amines) is 1. The number of methoxy groups -OCH3 is 1. The summed E-state index contributed by atoms with van der Waals surface area (Å²) in [5.41, 5.74) is 6.71. The summed E-state index contributed by atoms with van der Waals surface area (Å²) in [6, 6.07) is 7.21. The number of rotatable bonds is 8. The van der Waals surface area contributed by atoms with Crippen LogP contribution >= 0.6 is 0 Å². The molecule has 1 saturated heterocycles. The molecule has 1 aromatic carbocycles. The number of piperidine rings is 1. The Morgan fingerprint density at radius 3 is 2.75 bits per heavy atom. The third-order valence-electron chi connectivity index (χ3n) is 4.90. The standard InChI is InChI=1S/C20H25N5O3/c1-28-17-6-3-2-5-15(17)18(27)16-13-22-20(24-19(16)21)23-14-7-10-25(11-8-14)9-4-12-26/h2-3,5-6,12-14H,4,7-11H2,1H3,(H3,21,22,23,24). The number of anilines is 2. The summed E-state index contributed by atoms with van der Waals surface area (Å²) in [4.78, 5) is 34.1. The second kappa shape index (κ2) is 9.27. The lowest BCUT2D eigenvalue weighted by atomic mass is 10.0. The van der Waals surface area contributed by atoms with Crippen LogP contribution in [0.2, 0.25) is 0 Å². The summed E-state index contributed by atoms with van der Waals surface area (Å²) < 4.78 is 5.25. The van der Waals surface area contributed by atoms with Crippen molar-refractivity contribution in [3.63, 3.8) is 0 Å². The van der Waals surface area contributed by atoms with E-state index in [-0.39, 0.29) is 23.2 Å². The van der Waals surface area contributed by atoms with Crippen LogP contribution in [0, 0.1) is 0 Å². The molecule has 0 saturated carbocycles. The first-order chi connectivity index (χ1) is 13.6. The Hall–Kier alpha value is -3.00. The van der Waals surface area contributed by atoms with Gasteiger partial charge in [0, 0.05) is 38.3 Å². The van der Waals surface area contributed by atoms with Gasteiger partial charge < -0.3 is 25.5 Å². The Balaban J connectivity index is 1.65. The zero-order valence-electron chi connectivity index (χ0n) is 15.9. The van der Waals surface area contributed by atoms with Crippen LogP contribution in [-0.4, -0.2) is 59.7 Å². The zero-order chi connectivity index (χ0) is 19.9. The van der Waals surface area contributed by atoms with E-state index in [1.807, 2.05) is 0 Å². The average Bonchev–Trinajstić information content (AvgIpc) is 2.73. The highest BCUT2D eigenvalue weighted by Gasteiger charge is 2.21. The van der Waals surface area contributed by atoms with Crippen LogP contribution in [0.1, 0.15) is 35.2 Å². The predicted molar refractivity (Wildman–Crippen MR) is 107 cm³/mol. The number of nitrogens with two attached hydrogens (primary N) is 1. The molecular weight excluding hydrogens is 358 g/mol. The minimum absolute atomic E-state index is 0.136. The Kier molecular flexibility index (Phi) is 6.54. The van der Waals surface area contributed by atoms with E-state index >= 15 is 0 Å². The minimum Gasteiger partial charge on any atom is -0.496 e. The van der Waals surface area contributed by atoms with Gasteiger partial charge in [-0.05, 0) is 25.0 Å². The van der Waals surface area contributed by atoms with Crippen LogP contribution in [0.4, 0.5) is 11.8 Å². The van der Waals surface area contributed by atoms with E-state index in [9.17, 15) is 9.59 Å². The van der Waals surface area contributed by atoms with Gasteiger partial charge in [-0.2, -0.15) is 4.98 Å². The van der Waals surface area contributed by atoms with Crippen molar-refractivity contribution < 1.29 is 14.3 Å². The van der Waals surface area contributed by atoms with Crippen LogP contribution in [0.5, 0.6) is 5.75 Å². The molecule has 28 heavy (non-hydrogen) atoms. The topological polar surface area (TPSA) is 110 Å². The molecule has 2 heterocycles. The van der Waals surface area contributed by atoms with Crippen LogP contribution in [0.15, 0.2) is 30.5 Å². The number of carbonyl (C=O) groups excluding carboxylic acids is 2. The summed E-state index contributed by atoms with van der Waals surface area (Å²) in [6.07, 6.45) is 4.85. The van der Waals surface area contributed by atoms with E-state index in [0.717, 1.165) is 38.8 Å². The van der Waals surface area contributed by atoms with Gasteiger partial charge in [-0.25, -0.2) is 4.98 Å². The number of nitrogens with zero attached hydrogens (tertiary/aromatic N) is 3. The molecule has 0 radical (unpaired) electrons. The van der Waals surface area contributed by atoms with Crippen molar-refractivity contribution in [2.24, 2.45) is 0 Å². The fourth-order valence-corrected chi connectivity index (χ4v) is 3.34. The number of ketones is 1. The van der Waals surface area contributed by atoms with Gasteiger partial charge in [-0.1, -0.05) is 12.1 Å². The van der Waals surface area contributed by atoms with Crippen molar-refractivity contribution in [1.29, 1.82) is 0 Å². The van der Waals surface area contributed by atoms with Gasteiger partial charge in [0.05, 0.1) is 18.2 Å². The number of hydrogen-bond donors (Lipinski definition) is 2. The molecule has 1 aromatic heterocycles. The molecule has 3 rings (SSSR count). The fraction of sp³-hybridized carbons (Fsp3) is 0.400. The summed E-state index contributed by atoms with van der Waals surface area (Å²) in [7, 11) is 1.52. The summed E-state index contributed by atoms with van der Waals surface area (Å²) in [5.74, 6) is 0.762. The van der Waals surface area contributed by atoms with Crippen molar-refractivity contribution in [2.45, 2.75) is 25.3 Å². The monoisotopic (exact) mass is 383 g/mol. The predicted octanol–water partition coefficient (Wildman–Crippen LogP) is 1.76. The normalized spacial score (nSPS) is 15.2. The number of para-hydroxylation sites is 1. The van der Waals surface area contributed by atoms with E-state index in [4.69, 9.17) is 10.5 Å². The second-order valence-corrected chi connectivity index (χ2v) is 6.74. The quantitative estimate of drug-likeness (QED) is 0.524. The number of aromatic nitrogens is 2. The Morgan fingerprint density at radius 1 is 1.32 bits per heavy atom. The lowest BCUT2D eigenvalue weighted by Gasteiger charge is -2.31. The molecule has 0 atom stereocenters. The van der Waals surface area contributed by atoms with Crippen LogP contribution in [0.25, 0.3) is 0 Å². The Bertz CT molecular complexity index is 834. The molecule has 8 nitrogen and oxygen atoms in total. The highest BCUT2D eigenvalue weighted by molar-refractivity contribution is 6.13. The molecule has 0 unspecified atom stereocenters. The van der Waals surface area contributed by atoms with Crippen LogP contribution in [0.3, 0.4) is 0 Å². The number of carbonyl (C=O) groups is 2. The number of nitrogens with one attached hydrogen (secondary N) is 1. The van der Waals surface area contributed by atoms with Crippen LogP contribution < -0.4 is 15.8 Å². The van der Waals surface area contributed by atoms with Crippen molar-refractivity contribution in [2.75, 3.05) is 37.8 Å². The average molecular weight is 383 g/mol. The van der Waals surface area contributed by atoms with Gasteiger partial charge in [0.2, 0.25) is 11.7 Å². The van der Waals surface area contributed by atoms with Crippen LogP contribution in [-0.2, 0) is 4.79 Å². The molecule has 0 amide bonds. The first-order valence-corrected chi connectivity index (χ1v) is 9.35. The number of benzene rings is 1. The maximum Gasteiger partial charge on any atom is 0.224 e. The maximum atomic E-state index is 12.8. The number of ether oxygens (including phenoxy) is 1. The third kappa shape index (κ3) is 4.64. The van der Waals surface area contributed by atoms with Gasteiger partial charge in [-0.3, -0.25) is 4.79 Å². The largest absolute Gasteiger partial charge is 0.496 e. The first-order valence-electron chi connectivity index (χ1n) is 9.35. The molecule has 0 aliphatic carbocycles. The van der Waals surface area contributed by atoms with Gasteiger partial charge in [0.1, 0.15) is 17.9 Å². The lowest BCUT2D eigenvalue weighted by molar-refractivity contribution is -0.108. The van der Waals surface area contributed by atoms with Crippen molar-refractivity contribution in [1.82, 2.24) is 14.9 Å². The smallest absolute Gasteiger partial charge is 0.224 e. The molecule has 8 heteroatoms. The van der Waals surface area contributed by atoms with E-state index in [1.165, 1.54) is 13.3 Å². The molecule has 0 spiro atoms. The van der Waals surface area contributed by atoms with Crippen molar-refractivity contribution >= 4 is 23.8 Å². The molecule has 2 aromatic rings. The molecule has 0 bridgehead atoms. The molecule has 3 N–H and O–H groups in total. The fourth-order valence-electron chi connectivity index (χ4n) is 3.34. The summed E-state index contributed by atoms with van der Waals surface area (Å²) in [5, 5.41) is 3.29. The second-order valence-electron chi connectivity index (χ2n) is 6.74. The van der Waals surface area contributed by atoms with Gasteiger partial charge in [-0.15, -0.1) is 0 Å². The van der Waals surface area contributed by atoms with Gasteiger partial charge in [0.25, 0.3) is 0 Å². The molecular formula is C20H25N5O3. The highest BCUT2D eigenvalue weighted by Crippen LogP contribution is 2.23. The molecule has 1 aliphatic heterocycles. The SMILES string of the molecule is COc1ccccc1C(=O)c1cnc(NC2CCN(CCC=O)CC2)nc1N.